The fourth-order valence-electron chi connectivity index (χ4n) is 2.42. The van der Waals surface area contributed by atoms with Crippen LogP contribution < -0.4 is 10.0 Å². The zero-order chi connectivity index (χ0) is 17.9. The van der Waals surface area contributed by atoms with Crippen molar-refractivity contribution in [2.45, 2.75) is 18.2 Å². The largest absolute Gasteiger partial charge is 0.369 e. The Labute approximate surface area is 156 Å². The van der Waals surface area contributed by atoms with Crippen LogP contribution in [-0.2, 0) is 10.0 Å². The van der Waals surface area contributed by atoms with Crippen molar-refractivity contribution >= 4 is 49.1 Å². The Kier molecular flexibility index (Phi) is 5.58. The zero-order valence-corrected chi connectivity index (χ0v) is 16.0. The number of nitrogens with zero attached hydrogens (tertiary/aromatic N) is 1. The van der Waals surface area contributed by atoms with E-state index in [0.29, 0.717) is 19.5 Å². The maximum atomic E-state index is 12.3. The van der Waals surface area contributed by atoms with Gasteiger partial charge < -0.3 is 5.32 Å². The standard InChI is InChI=1S/C17H18ClN3O2S2/c1-12-7-8-16(14(18)11-12)25(22,23)20-10-4-9-19-17-13-5-2-3-6-15(13)24-21-17/h2-3,5-8,11,20H,4,9-10H2,1H3,(H,19,21). The molecule has 0 saturated carbocycles. The molecule has 25 heavy (non-hydrogen) atoms. The second kappa shape index (κ2) is 7.70. The van der Waals surface area contributed by atoms with Crippen LogP contribution in [-0.4, -0.2) is 25.9 Å². The van der Waals surface area contributed by atoms with Crippen LogP contribution in [0.2, 0.25) is 5.02 Å². The van der Waals surface area contributed by atoms with Crippen LogP contribution in [0.5, 0.6) is 0 Å². The predicted octanol–water partition coefficient (Wildman–Crippen LogP) is 4.04. The number of hydrogen-bond donors (Lipinski definition) is 2. The Morgan fingerprint density at radius 3 is 2.76 bits per heavy atom. The van der Waals surface area contributed by atoms with Crippen molar-refractivity contribution < 1.29 is 8.42 Å². The topological polar surface area (TPSA) is 71.1 Å². The minimum absolute atomic E-state index is 0.109. The summed E-state index contributed by atoms with van der Waals surface area (Å²) in [6.07, 6.45) is 0.633. The summed E-state index contributed by atoms with van der Waals surface area (Å²) in [5, 5.41) is 4.57. The molecule has 3 aromatic rings. The Morgan fingerprint density at radius 2 is 1.96 bits per heavy atom. The van der Waals surface area contributed by atoms with Crippen LogP contribution in [0, 0.1) is 6.92 Å². The van der Waals surface area contributed by atoms with Gasteiger partial charge in [-0.2, -0.15) is 4.37 Å². The zero-order valence-electron chi connectivity index (χ0n) is 13.6. The number of fused-ring (bicyclic) bond motifs is 1. The second-order valence-electron chi connectivity index (χ2n) is 5.64. The van der Waals surface area contributed by atoms with E-state index in [0.717, 1.165) is 21.5 Å². The molecule has 0 aliphatic heterocycles. The van der Waals surface area contributed by atoms with Gasteiger partial charge in [0.05, 0.1) is 9.72 Å². The van der Waals surface area contributed by atoms with Gasteiger partial charge in [0.1, 0.15) is 10.7 Å². The molecule has 3 rings (SSSR count). The molecule has 1 aromatic heterocycles. The number of hydrogen-bond acceptors (Lipinski definition) is 5. The smallest absolute Gasteiger partial charge is 0.242 e. The van der Waals surface area contributed by atoms with E-state index in [2.05, 4.69) is 14.4 Å². The fraction of sp³-hybridized carbons (Fsp3) is 0.235. The quantitative estimate of drug-likeness (QED) is 0.592. The predicted molar refractivity (Wildman–Crippen MR) is 104 cm³/mol. The van der Waals surface area contributed by atoms with E-state index in [1.165, 1.54) is 17.6 Å². The maximum Gasteiger partial charge on any atom is 0.242 e. The first-order valence-corrected chi connectivity index (χ1v) is 10.4. The highest BCUT2D eigenvalue weighted by Crippen LogP contribution is 2.26. The molecule has 132 valence electrons. The molecule has 0 atom stereocenters. The van der Waals surface area contributed by atoms with E-state index in [1.54, 1.807) is 12.1 Å². The van der Waals surface area contributed by atoms with Crippen LogP contribution in [0.4, 0.5) is 5.82 Å². The van der Waals surface area contributed by atoms with Gasteiger partial charge in [0.15, 0.2) is 0 Å². The molecule has 0 fully saturated rings. The van der Waals surface area contributed by atoms with Gasteiger partial charge in [0.2, 0.25) is 10.0 Å². The van der Waals surface area contributed by atoms with Crippen molar-refractivity contribution in [3.63, 3.8) is 0 Å². The lowest BCUT2D eigenvalue weighted by Gasteiger charge is -2.09. The van der Waals surface area contributed by atoms with E-state index in [9.17, 15) is 8.42 Å². The monoisotopic (exact) mass is 395 g/mol. The number of anilines is 1. The first kappa shape index (κ1) is 18.1. The number of halogens is 1. The Morgan fingerprint density at radius 1 is 1.16 bits per heavy atom. The third-order valence-electron chi connectivity index (χ3n) is 3.69. The summed E-state index contributed by atoms with van der Waals surface area (Å²) in [5.74, 6) is 0.838. The van der Waals surface area contributed by atoms with Gasteiger partial charge >= 0.3 is 0 Å². The minimum Gasteiger partial charge on any atom is -0.369 e. The van der Waals surface area contributed by atoms with Crippen molar-refractivity contribution in [1.82, 2.24) is 9.10 Å². The van der Waals surface area contributed by atoms with Crippen LogP contribution >= 0.6 is 23.1 Å². The van der Waals surface area contributed by atoms with Gasteiger partial charge in [0.25, 0.3) is 0 Å². The Bertz CT molecular complexity index is 986. The average Bonchev–Trinajstić information content (AvgIpc) is 2.97. The summed E-state index contributed by atoms with van der Waals surface area (Å²) in [6, 6.07) is 12.9. The molecule has 0 aliphatic rings. The highest BCUT2D eigenvalue weighted by atomic mass is 35.5. The SMILES string of the molecule is Cc1ccc(S(=O)(=O)NCCCNc2nsc3ccccc23)c(Cl)c1. The van der Waals surface area contributed by atoms with Crippen molar-refractivity contribution in [2.24, 2.45) is 0 Å². The van der Waals surface area contributed by atoms with Gasteiger partial charge in [-0.1, -0.05) is 29.8 Å². The summed E-state index contributed by atoms with van der Waals surface area (Å²) >= 11 is 7.48. The fourth-order valence-corrected chi connectivity index (χ4v) is 4.84. The van der Waals surface area contributed by atoms with E-state index < -0.39 is 10.0 Å². The van der Waals surface area contributed by atoms with Gasteiger partial charge in [-0.15, -0.1) is 0 Å². The molecular weight excluding hydrogens is 378 g/mol. The number of rotatable bonds is 7. The molecule has 0 radical (unpaired) electrons. The Hall–Kier alpha value is -1.67. The van der Waals surface area contributed by atoms with E-state index in [4.69, 9.17) is 11.6 Å². The van der Waals surface area contributed by atoms with Crippen molar-refractivity contribution in [3.8, 4) is 0 Å². The molecule has 2 N–H and O–H groups in total. The van der Waals surface area contributed by atoms with E-state index in [1.807, 2.05) is 31.2 Å². The number of aromatic nitrogens is 1. The molecule has 0 unspecified atom stereocenters. The normalized spacial score (nSPS) is 11.8. The Balaban J connectivity index is 1.52. The maximum absolute atomic E-state index is 12.3. The molecule has 2 aromatic carbocycles. The lowest BCUT2D eigenvalue weighted by molar-refractivity contribution is 0.580. The number of nitrogens with one attached hydrogen (secondary N) is 2. The van der Waals surface area contributed by atoms with Crippen molar-refractivity contribution in [2.75, 3.05) is 18.4 Å². The lowest BCUT2D eigenvalue weighted by atomic mass is 10.2. The van der Waals surface area contributed by atoms with Crippen LogP contribution in [0.1, 0.15) is 12.0 Å². The van der Waals surface area contributed by atoms with Crippen molar-refractivity contribution in [3.05, 3.63) is 53.1 Å². The third kappa shape index (κ3) is 4.30. The number of sulfonamides is 1. The summed E-state index contributed by atoms with van der Waals surface area (Å²) in [7, 11) is -3.60. The molecule has 0 amide bonds. The number of benzene rings is 2. The summed E-state index contributed by atoms with van der Waals surface area (Å²) < 4.78 is 32.7. The molecule has 0 spiro atoms. The third-order valence-corrected chi connectivity index (χ3v) is 6.46. The van der Waals surface area contributed by atoms with Crippen LogP contribution in [0.15, 0.2) is 47.4 Å². The molecule has 8 heteroatoms. The first-order chi connectivity index (χ1) is 12.0. The van der Waals surface area contributed by atoms with Gasteiger partial charge in [-0.05, 0) is 54.7 Å². The first-order valence-electron chi connectivity index (χ1n) is 7.81. The van der Waals surface area contributed by atoms with Crippen LogP contribution in [0.3, 0.4) is 0 Å². The summed E-state index contributed by atoms with van der Waals surface area (Å²) in [5.41, 5.74) is 0.920. The average molecular weight is 396 g/mol. The molecule has 0 saturated heterocycles. The van der Waals surface area contributed by atoms with Crippen molar-refractivity contribution in [1.29, 1.82) is 0 Å². The molecular formula is C17H18ClN3O2S2. The molecule has 1 heterocycles. The number of aryl methyl sites for hydroxylation is 1. The summed E-state index contributed by atoms with van der Waals surface area (Å²) in [6.45, 7) is 2.81. The van der Waals surface area contributed by atoms with E-state index >= 15 is 0 Å². The van der Waals surface area contributed by atoms with E-state index in [-0.39, 0.29) is 9.92 Å². The van der Waals surface area contributed by atoms with Gasteiger partial charge in [0, 0.05) is 18.5 Å². The highest BCUT2D eigenvalue weighted by Gasteiger charge is 2.17. The van der Waals surface area contributed by atoms with Crippen LogP contribution in [0.25, 0.3) is 10.1 Å². The molecule has 0 bridgehead atoms. The lowest BCUT2D eigenvalue weighted by Crippen LogP contribution is -2.26. The second-order valence-corrected chi connectivity index (χ2v) is 8.59. The molecule has 5 nitrogen and oxygen atoms in total. The molecule has 0 aliphatic carbocycles. The summed E-state index contributed by atoms with van der Waals surface area (Å²) in [4.78, 5) is 0.109. The van der Waals surface area contributed by atoms with Gasteiger partial charge in [-0.3, -0.25) is 0 Å². The minimum atomic E-state index is -3.60. The highest BCUT2D eigenvalue weighted by molar-refractivity contribution is 7.89. The van der Waals surface area contributed by atoms with Gasteiger partial charge in [-0.25, -0.2) is 13.1 Å².